The fourth-order valence-electron chi connectivity index (χ4n) is 1.61. The van der Waals surface area contributed by atoms with Crippen LogP contribution in [0.1, 0.15) is 32.0 Å². The van der Waals surface area contributed by atoms with Crippen molar-refractivity contribution >= 4 is 17.6 Å². The Morgan fingerprint density at radius 2 is 2.00 bits per heavy atom. The van der Waals surface area contributed by atoms with Gasteiger partial charge in [0.1, 0.15) is 5.82 Å². The van der Waals surface area contributed by atoms with Crippen LogP contribution in [-0.2, 0) is 12.0 Å². The lowest BCUT2D eigenvalue weighted by Crippen LogP contribution is -2.24. The zero-order chi connectivity index (χ0) is 13.8. The third-order valence-corrected chi connectivity index (χ3v) is 3.49. The SMILES string of the molecule is CSCCN(C)c1cc(CN)cc(C(C)(C)C)n1. The summed E-state index contributed by atoms with van der Waals surface area (Å²) in [4.78, 5) is 6.97. The Bertz CT molecular complexity index is 385. The standard InChI is InChI=1S/C14H25N3S/c1-14(2,3)12-8-11(10-15)9-13(16-12)17(4)6-7-18-5/h8-9H,6-7,10,15H2,1-5H3. The fraction of sp³-hybridized carbons (Fsp3) is 0.643. The smallest absolute Gasteiger partial charge is 0.128 e. The predicted octanol–water partition coefficient (Wildman–Crippen LogP) is 2.64. The van der Waals surface area contributed by atoms with E-state index in [-0.39, 0.29) is 5.41 Å². The predicted molar refractivity (Wildman–Crippen MR) is 82.5 cm³/mol. The van der Waals surface area contributed by atoms with Gasteiger partial charge in [-0.1, -0.05) is 20.8 Å². The number of anilines is 1. The molecule has 0 aliphatic carbocycles. The Morgan fingerprint density at radius 1 is 1.33 bits per heavy atom. The number of hydrogen-bond donors (Lipinski definition) is 1. The number of nitrogens with zero attached hydrogens (tertiary/aromatic N) is 2. The monoisotopic (exact) mass is 267 g/mol. The molecule has 0 atom stereocenters. The highest BCUT2D eigenvalue weighted by Crippen LogP contribution is 2.24. The summed E-state index contributed by atoms with van der Waals surface area (Å²) < 4.78 is 0. The first-order valence-corrected chi connectivity index (χ1v) is 7.69. The van der Waals surface area contributed by atoms with Gasteiger partial charge in [0.05, 0.1) is 0 Å². The van der Waals surface area contributed by atoms with Crippen molar-refractivity contribution in [2.24, 2.45) is 5.73 Å². The minimum atomic E-state index is 0.0558. The highest BCUT2D eigenvalue weighted by molar-refractivity contribution is 7.98. The zero-order valence-electron chi connectivity index (χ0n) is 12.2. The van der Waals surface area contributed by atoms with Crippen LogP contribution in [0, 0.1) is 0 Å². The summed E-state index contributed by atoms with van der Waals surface area (Å²) in [5.74, 6) is 2.13. The maximum atomic E-state index is 5.78. The lowest BCUT2D eigenvalue weighted by Gasteiger charge is -2.24. The van der Waals surface area contributed by atoms with E-state index in [1.807, 2.05) is 11.8 Å². The molecule has 0 unspecified atom stereocenters. The quantitative estimate of drug-likeness (QED) is 0.890. The molecule has 2 N–H and O–H groups in total. The van der Waals surface area contributed by atoms with E-state index in [2.05, 4.69) is 51.1 Å². The van der Waals surface area contributed by atoms with E-state index in [1.165, 1.54) is 0 Å². The number of rotatable bonds is 5. The maximum Gasteiger partial charge on any atom is 0.128 e. The molecule has 0 amide bonds. The number of thioether (sulfide) groups is 1. The van der Waals surface area contributed by atoms with Crippen molar-refractivity contribution < 1.29 is 0 Å². The van der Waals surface area contributed by atoms with Crippen LogP contribution in [0.2, 0.25) is 0 Å². The summed E-state index contributed by atoms with van der Waals surface area (Å²) in [6.07, 6.45) is 2.12. The lowest BCUT2D eigenvalue weighted by molar-refractivity contribution is 0.567. The van der Waals surface area contributed by atoms with Crippen LogP contribution in [0.5, 0.6) is 0 Å². The van der Waals surface area contributed by atoms with E-state index in [0.717, 1.165) is 29.4 Å². The largest absolute Gasteiger partial charge is 0.359 e. The van der Waals surface area contributed by atoms with Gasteiger partial charge in [-0.15, -0.1) is 0 Å². The molecule has 0 saturated heterocycles. The van der Waals surface area contributed by atoms with Crippen molar-refractivity contribution in [3.8, 4) is 0 Å². The van der Waals surface area contributed by atoms with Gasteiger partial charge in [-0.25, -0.2) is 4.98 Å². The van der Waals surface area contributed by atoms with Gasteiger partial charge in [-0.05, 0) is 24.0 Å². The average molecular weight is 267 g/mol. The van der Waals surface area contributed by atoms with Crippen LogP contribution in [-0.4, -0.2) is 30.6 Å². The van der Waals surface area contributed by atoms with Gasteiger partial charge in [0.25, 0.3) is 0 Å². The molecule has 0 fully saturated rings. The summed E-state index contributed by atoms with van der Waals surface area (Å²) in [6.45, 7) is 8.12. The fourth-order valence-corrected chi connectivity index (χ4v) is 2.07. The van der Waals surface area contributed by atoms with Gasteiger partial charge in [0, 0.05) is 37.0 Å². The van der Waals surface area contributed by atoms with Gasteiger partial charge < -0.3 is 10.6 Å². The molecule has 0 saturated carbocycles. The van der Waals surface area contributed by atoms with E-state index in [9.17, 15) is 0 Å². The van der Waals surface area contributed by atoms with Crippen molar-refractivity contribution in [2.45, 2.75) is 32.7 Å². The number of pyridine rings is 1. The van der Waals surface area contributed by atoms with Crippen molar-refractivity contribution in [3.05, 3.63) is 23.4 Å². The van der Waals surface area contributed by atoms with E-state index < -0.39 is 0 Å². The summed E-state index contributed by atoms with van der Waals surface area (Å²) in [7, 11) is 2.09. The van der Waals surface area contributed by atoms with Crippen LogP contribution in [0.15, 0.2) is 12.1 Å². The van der Waals surface area contributed by atoms with Crippen LogP contribution in [0.3, 0.4) is 0 Å². The molecule has 0 bridgehead atoms. The Kier molecular flexibility index (Phi) is 5.47. The third kappa shape index (κ3) is 4.18. The van der Waals surface area contributed by atoms with E-state index in [1.54, 1.807) is 0 Å². The molecule has 1 aromatic heterocycles. The molecular weight excluding hydrogens is 242 g/mol. The van der Waals surface area contributed by atoms with Crippen LogP contribution < -0.4 is 10.6 Å². The van der Waals surface area contributed by atoms with Gasteiger partial charge in [-0.3, -0.25) is 0 Å². The molecule has 102 valence electrons. The first-order valence-electron chi connectivity index (χ1n) is 6.30. The van der Waals surface area contributed by atoms with Gasteiger partial charge in [-0.2, -0.15) is 11.8 Å². The van der Waals surface area contributed by atoms with Gasteiger partial charge in [0.2, 0.25) is 0 Å². The molecule has 0 spiro atoms. The first kappa shape index (κ1) is 15.3. The van der Waals surface area contributed by atoms with E-state index in [0.29, 0.717) is 6.54 Å². The Hall–Kier alpha value is -0.740. The molecule has 1 aromatic rings. The molecule has 18 heavy (non-hydrogen) atoms. The zero-order valence-corrected chi connectivity index (χ0v) is 13.0. The molecule has 3 nitrogen and oxygen atoms in total. The van der Waals surface area contributed by atoms with Gasteiger partial charge in [0.15, 0.2) is 0 Å². The first-order chi connectivity index (χ1) is 8.38. The van der Waals surface area contributed by atoms with Crippen molar-refractivity contribution in [3.63, 3.8) is 0 Å². The third-order valence-electron chi connectivity index (χ3n) is 2.90. The highest BCUT2D eigenvalue weighted by Gasteiger charge is 2.17. The summed E-state index contributed by atoms with van der Waals surface area (Å²) >= 11 is 1.85. The minimum Gasteiger partial charge on any atom is -0.359 e. The molecule has 0 aliphatic rings. The number of hydrogen-bond acceptors (Lipinski definition) is 4. The van der Waals surface area contributed by atoms with Crippen molar-refractivity contribution in [1.82, 2.24) is 4.98 Å². The summed E-state index contributed by atoms with van der Waals surface area (Å²) in [5.41, 5.74) is 8.10. The molecule has 4 heteroatoms. The molecule has 0 aromatic carbocycles. The van der Waals surface area contributed by atoms with Gasteiger partial charge >= 0.3 is 0 Å². The Labute approximate surface area is 115 Å². The Morgan fingerprint density at radius 3 is 2.50 bits per heavy atom. The topological polar surface area (TPSA) is 42.1 Å². The molecule has 0 aliphatic heterocycles. The second-order valence-corrected chi connectivity index (χ2v) is 6.57. The van der Waals surface area contributed by atoms with Crippen LogP contribution >= 0.6 is 11.8 Å². The Balaban J connectivity index is 3.04. The van der Waals surface area contributed by atoms with Crippen LogP contribution in [0.25, 0.3) is 0 Å². The number of aromatic nitrogens is 1. The normalized spacial score (nSPS) is 11.7. The average Bonchev–Trinajstić information content (AvgIpc) is 2.34. The molecular formula is C14H25N3S. The van der Waals surface area contributed by atoms with Crippen LogP contribution in [0.4, 0.5) is 5.82 Å². The maximum absolute atomic E-state index is 5.78. The molecule has 1 rings (SSSR count). The second-order valence-electron chi connectivity index (χ2n) is 5.59. The van der Waals surface area contributed by atoms with Crippen molar-refractivity contribution in [1.29, 1.82) is 0 Å². The minimum absolute atomic E-state index is 0.0558. The molecule has 0 radical (unpaired) electrons. The summed E-state index contributed by atoms with van der Waals surface area (Å²) in [6, 6.07) is 4.21. The highest BCUT2D eigenvalue weighted by atomic mass is 32.2. The second kappa shape index (κ2) is 6.43. The lowest BCUT2D eigenvalue weighted by atomic mass is 9.90. The summed E-state index contributed by atoms with van der Waals surface area (Å²) in [5, 5.41) is 0. The van der Waals surface area contributed by atoms with E-state index in [4.69, 9.17) is 10.7 Å². The van der Waals surface area contributed by atoms with E-state index >= 15 is 0 Å². The number of nitrogens with two attached hydrogens (primary N) is 1. The molecule has 1 heterocycles. The van der Waals surface area contributed by atoms with Crippen molar-refractivity contribution in [2.75, 3.05) is 30.5 Å².